The highest BCUT2D eigenvalue weighted by atomic mass is 32.1. The lowest BCUT2D eigenvalue weighted by Gasteiger charge is -2.44. The van der Waals surface area contributed by atoms with Gasteiger partial charge in [0.25, 0.3) is 0 Å². The molecule has 2 aliphatic rings. The molecule has 1 N–H and O–H groups in total. The third-order valence-electron chi connectivity index (χ3n) is 8.48. The molecule has 0 bridgehead atoms. The van der Waals surface area contributed by atoms with Crippen LogP contribution in [0.25, 0.3) is 22.2 Å². The molecule has 2 fully saturated rings. The molecule has 10 nitrogen and oxygen atoms in total. The van der Waals surface area contributed by atoms with Gasteiger partial charge in [-0.3, -0.25) is 9.69 Å². The Labute approximate surface area is 270 Å². The minimum absolute atomic E-state index is 0.0354. The van der Waals surface area contributed by atoms with Crippen molar-refractivity contribution < 1.29 is 31.9 Å². The van der Waals surface area contributed by atoms with Crippen molar-refractivity contribution in [2.24, 2.45) is 0 Å². The molecule has 2 aromatic heterocycles. The largest absolute Gasteiger partial charge is 0.405 e. The number of aromatic nitrogens is 3. The van der Waals surface area contributed by atoms with E-state index in [0.717, 1.165) is 16.2 Å². The van der Waals surface area contributed by atoms with E-state index in [-0.39, 0.29) is 37.4 Å². The Hall–Kier alpha value is -4.33. The van der Waals surface area contributed by atoms with Crippen LogP contribution in [0.1, 0.15) is 18.7 Å². The van der Waals surface area contributed by atoms with Crippen LogP contribution in [0.3, 0.4) is 0 Å². The number of aliphatic hydroxyl groups excluding tert-OH is 1. The number of thiazole rings is 1. The molecule has 0 saturated carbocycles. The maximum Gasteiger partial charge on any atom is 0.405 e. The number of nitrogens with zero attached hydrogens (tertiary/aromatic N) is 8. The zero-order valence-electron chi connectivity index (χ0n) is 25.5. The number of aryl methyl sites for hydroxylation is 1. The third-order valence-corrected chi connectivity index (χ3v) is 9.46. The molecule has 2 aliphatic heterocycles. The van der Waals surface area contributed by atoms with Crippen molar-refractivity contribution in [2.45, 2.75) is 38.7 Å². The molecule has 2 aromatic carbocycles. The van der Waals surface area contributed by atoms with Gasteiger partial charge in [0.1, 0.15) is 39.8 Å². The van der Waals surface area contributed by atoms with E-state index in [1.54, 1.807) is 15.6 Å². The molecule has 1 atom stereocenters. The number of anilines is 3. The molecule has 1 unspecified atom stereocenters. The summed E-state index contributed by atoms with van der Waals surface area (Å²) in [5.74, 6) is -1.16. The minimum Gasteiger partial charge on any atom is -0.389 e. The molecule has 0 spiro atoms. The van der Waals surface area contributed by atoms with Gasteiger partial charge in [0.15, 0.2) is 10.9 Å². The Morgan fingerprint density at radius 1 is 1.13 bits per heavy atom. The van der Waals surface area contributed by atoms with Crippen LogP contribution in [0.15, 0.2) is 36.4 Å². The van der Waals surface area contributed by atoms with Gasteiger partial charge >= 0.3 is 6.18 Å². The number of alkyl halides is 3. The topological polar surface area (TPSA) is 105 Å². The number of rotatable bonds is 8. The molecule has 0 radical (unpaired) electrons. The maximum absolute atomic E-state index is 15.7. The van der Waals surface area contributed by atoms with E-state index in [0.29, 0.717) is 45.6 Å². The zero-order valence-corrected chi connectivity index (χ0v) is 26.3. The van der Waals surface area contributed by atoms with E-state index >= 15 is 4.39 Å². The summed E-state index contributed by atoms with van der Waals surface area (Å²) in [6, 6.07) is 8.56. The Morgan fingerprint density at radius 2 is 1.85 bits per heavy atom. The molecule has 2 saturated heterocycles. The second-order valence-corrected chi connectivity index (χ2v) is 12.4. The summed E-state index contributed by atoms with van der Waals surface area (Å²) in [7, 11) is 0. The van der Waals surface area contributed by atoms with Crippen LogP contribution in [-0.4, -0.2) is 99.7 Å². The van der Waals surface area contributed by atoms with Gasteiger partial charge in [-0.15, -0.1) is 0 Å². The number of hydrogen-bond donors (Lipinski definition) is 1. The van der Waals surface area contributed by atoms with Gasteiger partial charge in [-0.25, -0.2) is 18.4 Å². The molecule has 1 amide bonds. The Kier molecular flexibility index (Phi) is 8.81. The van der Waals surface area contributed by atoms with E-state index in [9.17, 15) is 32.7 Å². The van der Waals surface area contributed by atoms with Gasteiger partial charge in [-0.2, -0.15) is 23.5 Å². The summed E-state index contributed by atoms with van der Waals surface area (Å²) in [6.07, 6.45) is -5.32. The first-order valence-electron chi connectivity index (χ1n) is 15.1. The molecule has 248 valence electrons. The standard InChI is InChI=1S/C31H31F5N8O2S/c1-3-43(30-38-27(24(13-37)47-30)18-5-7-19(32)8-6-18)29-22-11-20(12-23(33)28(22)39-44(29)4-2)40-9-10-41(25(16-40)31(34,35)36)17-26(46)42-14-21(45)15-42/h5-8,11-12,21,25,45H,3-4,9-10,14-17H2,1-2H3. The maximum atomic E-state index is 15.7. The Balaban J connectivity index is 1.35. The first-order valence-corrected chi connectivity index (χ1v) is 15.9. The number of carbonyl (C=O) groups is 1. The van der Waals surface area contributed by atoms with Crippen molar-refractivity contribution in [3.8, 4) is 17.3 Å². The van der Waals surface area contributed by atoms with Crippen LogP contribution in [0, 0.1) is 23.0 Å². The molecule has 16 heteroatoms. The molecule has 47 heavy (non-hydrogen) atoms. The van der Waals surface area contributed by atoms with Crippen molar-refractivity contribution in [3.05, 3.63) is 52.9 Å². The van der Waals surface area contributed by atoms with Crippen LogP contribution in [-0.2, 0) is 11.3 Å². The normalized spacial score (nSPS) is 17.6. The number of benzene rings is 2. The van der Waals surface area contributed by atoms with Crippen molar-refractivity contribution in [1.82, 2.24) is 24.6 Å². The van der Waals surface area contributed by atoms with Crippen molar-refractivity contribution in [1.29, 1.82) is 5.26 Å². The second kappa shape index (κ2) is 12.7. The number of nitriles is 1. The lowest BCUT2D eigenvalue weighted by atomic mass is 10.1. The van der Waals surface area contributed by atoms with Crippen molar-refractivity contribution >= 4 is 44.8 Å². The van der Waals surface area contributed by atoms with Crippen LogP contribution in [0.2, 0.25) is 0 Å². The fraction of sp³-hybridized carbons (Fsp3) is 0.419. The van der Waals surface area contributed by atoms with E-state index < -0.39 is 49.0 Å². The quantitative estimate of drug-likeness (QED) is 0.268. The monoisotopic (exact) mass is 674 g/mol. The molecular formula is C31H31F5N8O2S. The molecule has 4 heterocycles. The minimum atomic E-state index is -4.65. The van der Waals surface area contributed by atoms with Gasteiger partial charge in [-0.05, 0) is 50.2 Å². The van der Waals surface area contributed by atoms with Crippen LogP contribution >= 0.6 is 11.3 Å². The van der Waals surface area contributed by atoms with Crippen molar-refractivity contribution in [3.63, 3.8) is 0 Å². The summed E-state index contributed by atoms with van der Waals surface area (Å²) < 4.78 is 73.8. The summed E-state index contributed by atoms with van der Waals surface area (Å²) in [4.78, 5) is 23.2. The number of amides is 1. The number of aliphatic hydroxyl groups is 1. The number of fused-ring (bicyclic) bond motifs is 1. The lowest BCUT2D eigenvalue weighted by molar-refractivity contribution is -0.187. The molecule has 6 rings (SSSR count). The highest BCUT2D eigenvalue weighted by molar-refractivity contribution is 7.16. The third kappa shape index (κ3) is 6.22. The fourth-order valence-corrected chi connectivity index (χ4v) is 6.97. The lowest BCUT2D eigenvalue weighted by Crippen LogP contribution is -2.63. The Bertz CT molecular complexity index is 1830. The number of carbonyl (C=O) groups excluding carboxylic acids is 1. The predicted octanol–water partition coefficient (Wildman–Crippen LogP) is 4.74. The van der Waals surface area contributed by atoms with Gasteiger partial charge in [-0.1, -0.05) is 11.3 Å². The van der Waals surface area contributed by atoms with E-state index in [4.69, 9.17) is 4.98 Å². The summed E-state index contributed by atoms with van der Waals surface area (Å²) in [5.41, 5.74) is 1.18. The first kappa shape index (κ1) is 32.6. The highest BCUT2D eigenvalue weighted by Crippen LogP contribution is 2.41. The van der Waals surface area contributed by atoms with Gasteiger partial charge < -0.3 is 19.8 Å². The predicted molar refractivity (Wildman–Crippen MR) is 166 cm³/mol. The number of likely N-dealkylation sites (tertiary alicyclic amines) is 1. The SMILES string of the molecule is CCN(c1nc(-c2ccc(F)cc2)c(C#N)s1)c1c2cc(N3CCN(CC(=O)N4CC(O)C4)C(C(F)(F)F)C3)cc(F)c2nn1CC. The van der Waals surface area contributed by atoms with E-state index in [1.807, 2.05) is 13.8 Å². The van der Waals surface area contributed by atoms with Crippen LogP contribution < -0.4 is 9.80 Å². The van der Waals surface area contributed by atoms with E-state index in [2.05, 4.69) is 11.2 Å². The first-order chi connectivity index (χ1) is 22.4. The highest BCUT2D eigenvalue weighted by Gasteiger charge is 2.47. The van der Waals surface area contributed by atoms with Crippen LogP contribution in [0.5, 0.6) is 0 Å². The number of hydrogen-bond acceptors (Lipinski definition) is 9. The van der Waals surface area contributed by atoms with Crippen molar-refractivity contribution in [2.75, 3.05) is 55.6 Å². The van der Waals surface area contributed by atoms with E-state index in [1.165, 1.54) is 40.1 Å². The average Bonchev–Trinajstić information content (AvgIpc) is 3.62. The molecular weight excluding hydrogens is 643 g/mol. The molecule has 4 aromatic rings. The second-order valence-electron chi connectivity index (χ2n) is 11.4. The van der Waals surface area contributed by atoms with Crippen LogP contribution in [0.4, 0.5) is 38.6 Å². The average molecular weight is 675 g/mol. The summed E-state index contributed by atoms with van der Waals surface area (Å²) in [5, 5.41) is 24.6. The zero-order chi connectivity index (χ0) is 33.6. The number of piperazine rings is 1. The van der Waals surface area contributed by atoms with Gasteiger partial charge in [0.05, 0.1) is 12.6 Å². The Morgan fingerprint density at radius 3 is 2.47 bits per heavy atom. The number of halogens is 5. The summed E-state index contributed by atoms with van der Waals surface area (Å²) >= 11 is 1.11. The van der Waals surface area contributed by atoms with Gasteiger partial charge in [0.2, 0.25) is 5.91 Å². The fourth-order valence-electron chi connectivity index (χ4n) is 6.02. The smallest absolute Gasteiger partial charge is 0.389 e. The van der Waals surface area contributed by atoms with Gasteiger partial charge in [0, 0.05) is 62.5 Å². The summed E-state index contributed by atoms with van der Waals surface area (Å²) in [6.45, 7) is 3.63. The number of β-amino-alcohol motifs (C(OH)–C–C–N with tert-alkyl or cyclic N) is 1. The molecule has 0 aliphatic carbocycles.